The van der Waals surface area contributed by atoms with Crippen LogP contribution in [0.25, 0.3) is 0 Å². The maximum atomic E-state index is 12.5. The Bertz CT molecular complexity index is 683. The Morgan fingerprint density at radius 3 is 2.50 bits per heavy atom. The molecule has 5 heteroatoms. The molecular weight excluding hydrogens is 329 g/mol. The third-order valence-electron chi connectivity index (χ3n) is 3.12. The number of nitrogens with one attached hydrogen (secondary N) is 1. The van der Waals surface area contributed by atoms with Gasteiger partial charge in [0.25, 0.3) is 0 Å². The molecule has 1 N–H and O–H groups in total. The molecule has 20 heavy (non-hydrogen) atoms. The van der Waals surface area contributed by atoms with Crippen LogP contribution in [-0.2, 0) is 11.2 Å². The summed E-state index contributed by atoms with van der Waals surface area (Å²) in [5.41, 5.74) is 2.69. The summed E-state index contributed by atoms with van der Waals surface area (Å²) in [7, 11) is 0. The Morgan fingerprint density at radius 2 is 1.80 bits per heavy atom. The number of benzene rings is 2. The van der Waals surface area contributed by atoms with Gasteiger partial charge >= 0.3 is 29.6 Å². The van der Waals surface area contributed by atoms with E-state index >= 15 is 0 Å². The van der Waals surface area contributed by atoms with Gasteiger partial charge in [0.2, 0.25) is 5.91 Å². The molecule has 0 aromatic heterocycles. The Hall–Kier alpha value is -0.940. The summed E-state index contributed by atoms with van der Waals surface area (Å²) >= 11 is 3.34. The van der Waals surface area contributed by atoms with Gasteiger partial charge in [-0.25, -0.2) is 0 Å². The van der Waals surface area contributed by atoms with Crippen LogP contribution in [0, 0.1) is 0 Å². The normalized spacial score (nSPS) is 12.3. The zero-order chi connectivity index (χ0) is 13.4. The van der Waals surface area contributed by atoms with Crippen molar-refractivity contribution in [1.29, 1.82) is 0 Å². The first-order chi connectivity index (χ1) is 9.15. The standard InChI is InChI=1S/C15H10BrNO2.Na.H/c16-11-6-4-9(5-7-11)15(19)12-3-1-2-10-8-13(18)17-14(10)12;;/h1-7H,8H2,(H,17,18);;. The van der Waals surface area contributed by atoms with E-state index in [9.17, 15) is 9.59 Å². The van der Waals surface area contributed by atoms with Crippen molar-refractivity contribution in [3.63, 3.8) is 0 Å². The molecule has 96 valence electrons. The number of carbonyl (C=O) groups is 2. The molecule has 0 saturated carbocycles. The fourth-order valence-electron chi connectivity index (χ4n) is 2.20. The fraction of sp³-hybridized carbons (Fsp3) is 0.0667. The molecular formula is C15H11BrNNaO2. The van der Waals surface area contributed by atoms with Crippen molar-refractivity contribution in [3.05, 3.63) is 63.6 Å². The van der Waals surface area contributed by atoms with Gasteiger partial charge in [0.1, 0.15) is 0 Å². The Kier molecular flexibility index (Phi) is 4.81. The second-order valence-electron chi connectivity index (χ2n) is 4.40. The van der Waals surface area contributed by atoms with Crippen molar-refractivity contribution < 1.29 is 9.59 Å². The molecule has 0 radical (unpaired) electrons. The van der Waals surface area contributed by atoms with Crippen LogP contribution >= 0.6 is 15.9 Å². The number of hydrogen-bond acceptors (Lipinski definition) is 2. The van der Waals surface area contributed by atoms with Crippen LogP contribution in [0.3, 0.4) is 0 Å². The van der Waals surface area contributed by atoms with Gasteiger partial charge in [0.05, 0.1) is 12.1 Å². The minimum atomic E-state index is -0.0773. The number of halogens is 1. The molecule has 2 aromatic carbocycles. The van der Waals surface area contributed by atoms with Gasteiger partial charge in [0, 0.05) is 15.6 Å². The van der Waals surface area contributed by atoms with Gasteiger partial charge in [-0.3, -0.25) is 9.59 Å². The van der Waals surface area contributed by atoms with Crippen LogP contribution in [0.1, 0.15) is 21.5 Å². The second kappa shape index (κ2) is 6.22. The molecule has 2 aromatic rings. The number of anilines is 1. The predicted octanol–water partition coefficient (Wildman–Crippen LogP) is 2.53. The van der Waals surface area contributed by atoms with Crippen LogP contribution in [0.5, 0.6) is 0 Å². The molecule has 0 aliphatic carbocycles. The number of amides is 1. The van der Waals surface area contributed by atoms with Crippen molar-refractivity contribution in [1.82, 2.24) is 0 Å². The van der Waals surface area contributed by atoms with Crippen molar-refractivity contribution in [2.75, 3.05) is 5.32 Å². The molecule has 0 unspecified atom stereocenters. The summed E-state index contributed by atoms with van der Waals surface area (Å²) in [4.78, 5) is 23.9. The van der Waals surface area contributed by atoms with E-state index in [4.69, 9.17) is 0 Å². The average Bonchev–Trinajstić information content (AvgIpc) is 2.78. The number of fused-ring (bicyclic) bond motifs is 1. The zero-order valence-corrected chi connectivity index (χ0v) is 11.5. The summed E-state index contributed by atoms with van der Waals surface area (Å²) in [6.45, 7) is 0. The van der Waals surface area contributed by atoms with Gasteiger partial charge < -0.3 is 5.32 Å². The van der Waals surface area contributed by atoms with E-state index in [0.29, 0.717) is 23.2 Å². The van der Waals surface area contributed by atoms with Gasteiger partial charge in [0.15, 0.2) is 5.78 Å². The fourth-order valence-corrected chi connectivity index (χ4v) is 2.46. The summed E-state index contributed by atoms with van der Waals surface area (Å²) in [5.74, 6) is -0.141. The summed E-state index contributed by atoms with van der Waals surface area (Å²) in [6.07, 6.45) is 0.344. The van der Waals surface area contributed by atoms with Crippen molar-refractivity contribution >= 4 is 62.9 Å². The molecule has 3 rings (SSSR count). The molecule has 0 fully saturated rings. The first-order valence-corrected chi connectivity index (χ1v) is 6.66. The third kappa shape index (κ3) is 2.88. The van der Waals surface area contributed by atoms with Crippen LogP contribution in [0.15, 0.2) is 46.9 Å². The van der Waals surface area contributed by atoms with E-state index in [2.05, 4.69) is 21.2 Å². The van der Waals surface area contributed by atoms with Gasteiger partial charge in [-0.15, -0.1) is 0 Å². The number of hydrogen-bond donors (Lipinski definition) is 1. The molecule has 0 spiro atoms. The van der Waals surface area contributed by atoms with Crippen molar-refractivity contribution in [3.8, 4) is 0 Å². The predicted molar refractivity (Wildman–Crippen MR) is 83.5 cm³/mol. The van der Waals surface area contributed by atoms with E-state index in [1.54, 1.807) is 18.2 Å². The molecule has 1 aliphatic rings. The van der Waals surface area contributed by atoms with E-state index in [1.165, 1.54) is 0 Å². The minimum absolute atomic E-state index is 0. The van der Waals surface area contributed by atoms with Gasteiger partial charge in [-0.05, 0) is 35.9 Å². The summed E-state index contributed by atoms with van der Waals surface area (Å²) in [6, 6.07) is 12.6. The van der Waals surface area contributed by atoms with E-state index < -0.39 is 0 Å². The number of carbonyl (C=O) groups excluding carboxylic acids is 2. The molecule has 1 aliphatic heterocycles. The van der Waals surface area contributed by atoms with Crippen LogP contribution < -0.4 is 5.32 Å². The summed E-state index contributed by atoms with van der Waals surface area (Å²) in [5, 5.41) is 2.76. The first kappa shape index (κ1) is 15.4. The Morgan fingerprint density at radius 1 is 1.10 bits per heavy atom. The third-order valence-corrected chi connectivity index (χ3v) is 3.65. The van der Waals surface area contributed by atoms with E-state index in [1.807, 2.05) is 24.3 Å². The quantitative estimate of drug-likeness (QED) is 0.675. The topological polar surface area (TPSA) is 46.2 Å². The summed E-state index contributed by atoms with van der Waals surface area (Å²) < 4.78 is 0.927. The molecule has 0 atom stereocenters. The Labute approximate surface area is 147 Å². The maximum absolute atomic E-state index is 12.5. The van der Waals surface area contributed by atoms with Crippen LogP contribution in [0.2, 0.25) is 0 Å². The van der Waals surface area contributed by atoms with Crippen molar-refractivity contribution in [2.24, 2.45) is 0 Å². The average molecular weight is 340 g/mol. The van der Waals surface area contributed by atoms with E-state index in [0.717, 1.165) is 10.0 Å². The van der Waals surface area contributed by atoms with Gasteiger partial charge in [-0.2, -0.15) is 0 Å². The molecule has 0 bridgehead atoms. The zero-order valence-electron chi connectivity index (χ0n) is 9.94. The van der Waals surface area contributed by atoms with E-state index in [-0.39, 0.29) is 41.2 Å². The van der Waals surface area contributed by atoms with Crippen molar-refractivity contribution in [2.45, 2.75) is 6.42 Å². The van der Waals surface area contributed by atoms with Crippen LogP contribution in [-0.4, -0.2) is 41.2 Å². The molecule has 1 amide bonds. The molecule has 0 saturated heterocycles. The second-order valence-corrected chi connectivity index (χ2v) is 5.32. The van der Waals surface area contributed by atoms with Crippen LogP contribution in [0.4, 0.5) is 5.69 Å². The Balaban J connectivity index is 0.00000147. The first-order valence-electron chi connectivity index (χ1n) is 5.87. The SMILES string of the molecule is O=C1Cc2cccc(C(=O)c3ccc(Br)cc3)c2N1.[NaH]. The molecule has 1 heterocycles. The number of para-hydroxylation sites is 1. The number of ketones is 1. The van der Waals surface area contributed by atoms with Gasteiger partial charge in [-0.1, -0.05) is 28.1 Å². The number of rotatable bonds is 2. The monoisotopic (exact) mass is 339 g/mol. The molecule has 3 nitrogen and oxygen atoms in total.